The number of Topliss-reactive ketones (excluding diaryl/α,β-unsaturated/α-hetero) is 1. The first kappa shape index (κ1) is 23.6. The first-order valence-electron chi connectivity index (χ1n) is 10.6. The fourth-order valence-electron chi connectivity index (χ4n) is 3.67. The van der Waals surface area contributed by atoms with Crippen LogP contribution in [-0.2, 0) is 6.54 Å². The monoisotopic (exact) mass is 416 g/mol. The lowest BCUT2D eigenvalue weighted by molar-refractivity contribution is 0.102. The Labute approximate surface area is 180 Å². The minimum atomic E-state index is 0.157. The van der Waals surface area contributed by atoms with Crippen LogP contribution >= 0.6 is 11.8 Å². The smallest absolute Gasteiger partial charge is 0.191 e. The van der Waals surface area contributed by atoms with E-state index in [2.05, 4.69) is 68.4 Å². The highest BCUT2D eigenvalue weighted by molar-refractivity contribution is 7.99. The van der Waals surface area contributed by atoms with Gasteiger partial charge < -0.3 is 4.57 Å². The van der Waals surface area contributed by atoms with Crippen LogP contribution in [0, 0.1) is 27.7 Å². The van der Waals surface area contributed by atoms with E-state index in [-0.39, 0.29) is 11.8 Å². The zero-order valence-corrected chi connectivity index (χ0v) is 20.1. The topological polar surface area (TPSA) is 51.0 Å². The van der Waals surface area contributed by atoms with Crippen molar-refractivity contribution in [1.82, 2.24) is 19.7 Å². The Morgan fingerprint density at radius 1 is 1.10 bits per heavy atom. The zero-order chi connectivity index (χ0) is 21.7. The lowest BCUT2D eigenvalue weighted by Crippen LogP contribution is -2.23. The summed E-state index contributed by atoms with van der Waals surface area (Å²) in [6.07, 6.45) is 3.16. The average Bonchev–Trinajstić information content (AvgIpc) is 3.08. The van der Waals surface area contributed by atoms with Crippen molar-refractivity contribution in [3.8, 4) is 0 Å². The molecule has 0 fully saturated rings. The molecule has 1 aromatic heterocycles. The van der Waals surface area contributed by atoms with Crippen LogP contribution in [0.5, 0.6) is 0 Å². The minimum absolute atomic E-state index is 0.157. The third-order valence-corrected chi connectivity index (χ3v) is 6.87. The average molecular weight is 417 g/mol. The summed E-state index contributed by atoms with van der Waals surface area (Å²) in [6.45, 7) is 13.6. The van der Waals surface area contributed by atoms with E-state index in [0.29, 0.717) is 5.75 Å². The van der Waals surface area contributed by atoms with E-state index >= 15 is 0 Å². The molecule has 0 saturated carbocycles. The Morgan fingerprint density at radius 3 is 2.38 bits per heavy atom. The largest absolute Gasteiger partial charge is 0.305 e. The maximum Gasteiger partial charge on any atom is 0.191 e. The second kappa shape index (κ2) is 10.4. The lowest BCUT2D eigenvalue weighted by atomic mass is 9.93. The van der Waals surface area contributed by atoms with Gasteiger partial charge in [0, 0.05) is 12.1 Å². The van der Waals surface area contributed by atoms with Gasteiger partial charge in [-0.3, -0.25) is 9.69 Å². The molecule has 0 spiro atoms. The number of carbonyl (C=O) groups excluding carboxylic acids is 1. The number of nitrogens with zero attached hydrogens (tertiary/aromatic N) is 4. The second-order valence-corrected chi connectivity index (χ2v) is 9.00. The van der Waals surface area contributed by atoms with Gasteiger partial charge in [0.1, 0.15) is 0 Å². The van der Waals surface area contributed by atoms with Gasteiger partial charge in [0.25, 0.3) is 0 Å². The van der Waals surface area contributed by atoms with Gasteiger partial charge in [0.05, 0.1) is 11.8 Å². The van der Waals surface area contributed by atoms with Crippen LogP contribution in [-0.4, -0.2) is 45.3 Å². The molecule has 29 heavy (non-hydrogen) atoms. The molecule has 1 atom stereocenters. The predicted molar refractivity (Wildman–Crippen MR) is 122 cm³/mol. The summed E-state index contributed by atoms with van der Waals surface area (Å²) in [4.78, 5) is 15.2. The maximum atomic E-state index is 13.0. The highest BCUT2D eigenvalue weighted by Gasteiger charge is 2.23. The molecule has 0 amide bonds. The summed E-state index contributed by atoms with van der Waals surface area (Å²) in [5, 5.41) is 9.81. The number of aryl methyl sites for hydroxylation is 1. The van der Waals surface area contributed by atoms with Gasteiger partial charge in [0.15, 0.2) is 16.8 Å². The summed E-state index contributed by atoms with van der Waals surface area (Å²) in [7, 11) is 4.16. The lowest BCUT2D eigenvalue weighted by Gasteiger charge is -2.23. The number of hydrogen-bond acceptors (Lipinski definition) is 5. The fourth-order valence-corrected chi connectivity index (χ4v) is 4.52. The number of benzene rings is 1. The third-order valence-electron chi connectivity index (χ3n) is 5.90. The van der Waals surface area contributed by atoms with Gasteiger partial charge in [-0.1, -0.05) is 32.0 Å². The molecule has 0 radical (unpaired) electrons. The van der Waals surface area contributed by atoms with Crippen molar-refractivity contribution in [3.05, 3.63) is 39.7 Å². The van der Waals surface area contributed by atoms with Crippen LogP contribution in [0.2, 0.25) is 0 Å². The van der Waals surface area contributed by atoms with Crippen molar-refractivity contribution < 1.29 is 4.79 Å². The van der Waals surface area contributed by atoms with Gasteiger partial charge in [0.2, 0.25) is 0 Å². The number of unbranched alkanes of at least 4 members (excludes halogenated alkanes) is 1. The van der Waals surface area contributed by atoms with Crippen LogP contribution in [0.4, 0.5) is 0 Å². The van der Waals surface area contributed by atoms with Crippen molar-refractivity contribution in [2.45, 2.75) is 78.5 Å². The third kappa shape index (κ3) is 5.28. The van der Waals surface area contributed by atoms with E-state index in [4.69, 9.17) is 0 Å². The van der Waals surface area contributed by atoms with E-state index < -0.39 is 0 Å². The second-order valence-electron chi connectivity index (χ2n) is 8.06. The molecule has 0 aliphatic carbocycles. The Hall–Kier alpha value is -1.66. The van der Waals surface area contributed by atoms with Gasteiger partial charge in [-0.2, -0.15) is 0 Å². The predicted octanol–water partition coefficient (Wildman–Crippen LogP) is 5.30. The highest BCUT2D eigenvalue weighted by atomic mass is 32.2. The first-order valence-corrected chi connectivity index (χ1v) is 11.5. The van der Waals surface area contributed by atoms with Crippen molar-refractivity contribution in [2.24, 2.45) is 0 Å². The van der Waals surface area contributed by atoms with E-state index in [1.165, 1.54) is 28.5 Å². The molecule has 2 rings (SSSR count). The zero-order valence-electron chi connectivity index (χ0n) is 19.3. The number of thioether (sulfide) groups is 1. The molecule has 1 aromatic carbocycles. The van der Waals surface area contributed by atoms with Crippen molar-refractivity contribution >= 4 is 17.5 Å². The van der Waals surface area contributed by atoms with Gasteiger partial charge >= 0.3 is 0 Å². The maximum absolute atomic E-state index is 13.0. The number of aromatic nitrogens is 3. The molecular weight excluding hydrogens is 380 g/mol. The first-order chi connectivity index (χ1) is 13.7. The summed E-state index contributed by atoms with van der Waals surface area (Å²) in [5.74, 6) is 1.54. The van der Waals surface area contributed by atoms with Gasteiger partial charge in [-0.05, 0) is 83.0 Å². The molecule has 0 saturated heterocycles. The molecule has 1 unspecified atom stereocenters. The fraction of sp³-hybridized carbons (Fsp3) is 0.609. The normalized spacial score (nSPS) is 12.6. The molecule has 5 nitrogen and oxygen atoms in total. The minimum Gasteiger partial charge on any atom is -0.305 e. The SMILES string of the molecule is CCCCn1c(SCC(=O)c2cc(C)c(C)c(C)c2C)nnc1C(CC)N(C)C. The molecule has 0 aliphatic heterocycles. The van der Waals surface area contributed by atoms with Crippen molar-refractivity contribution in [1.29, 1.82) is 0 Å². The number of ketones is 1. The Morgan fingerprint density at radius 2 is 1.79 bits per heavy atom. The van der Waals surface area contributed by atoms with E-state index in [0.717, 1.165) is 47.9 Å². The number of rotatable bonds is 10. The molecule has 0 N–H and O–H groups in total. The number of carbonyl (C=O) groups is 1. The van der Waals surface area contributed by atoms with Crippen LogP contribution < -0.4 is 0 Å². The molecule has 6 heteroatoms. The molecular formula is C23H36N4OS. The van der Waals surface area contributed by atoms with Crippen LogP contribution in [0.3, 0.4) is 0 Å². The summed E-state index contributed by atoms with van der Waals surface area (Å²) in [5.41, 5.74) is 5.57. The molecule has 0 aliphatic rings. The van der Waals surface area contributed by atoms with Crippen LogP contribution in [0.25, 0.3) is 0 Å². The molecule has 160 valence electrons. The van der Waals surface area contributed by atoms with Gasteiger partial charge in [-0.25, -0.2) is 0 Å². The van der Waals surface area contributed by atoms with Crippen LogP contribution in [0.1, 0.15) is 77.6 Å². The van der Waals surface area contributed by atoms with Gasteiger partial charge in [-0.15, -0.1) is 10.2 Å². The van der Waals surface area contributed by atoms with Crippen LogP contribution in [0.15, 0.2) is 11.2 Å². The Kier molecular flexibility index (Phi) is 8.46. The Bertz CT molecular complexity index is 857. The van der Waals surface area contributed by atoms with E-state index in [1.54, 1.807) is 0 Å². The van der Waals surface area contributed by atoms with Crippen molar-refractivity contribution in [2.75, 3.05) is 19.8 Å². The van der Waals surface area contributed by atoms with Crippen molar-refractivity contribution in [3.63, 3.8) is 0 Å². The quantitative estimate of drug-likeness (QED) is 0.388. The summed E-state index contributed by atoms with van der Waals surface area (Å²) < 4.78 is 2.22. The molecule has 2 aromatic rings. The standard InChI is InChI=1S/C23H36N4OS/c1-9-11-12-27-22(20(10-2)26(7)8)24-25-23(27)29-14-21(28)19-13-15(3)16(4)17(5)18(19)6/h13,20H,9-12,14H2,1-8H3. The highest BCUT2D eigenvalue weighted by Crippen LogP contribution is 2.27. The van der Waals surface area contributed by atoms with E-state index in [9.17, 15) is 4.79 Å². The summed E-state index contributed by atoms with van der Waals surface area (Å²) >= 11 is 1.51. The molecule has 0 bridgehead atoms. The molecule has 1 heterocycles. The summed E-state index contributed by atoms with van der Waals surface area (Å²) in [6, 6.07) is 2.27. The number of hydrogen-bond donors (Lipinski definition) is 0. The van der Waals surface area contributed by atoms with E-state index in [1.807, 2.05) is 13.0 Å². The Balaban J connectivity index is 2.26.